The Morgan fingerprint density at radius 1 is 0.960 bits per heavy atom. The lowest BCUT2D eigenvalue weighted by atomic mass is 9.89. The average molecular weight is 337 g/mol. The Morgan fingerprint density at radius 3 is 2.36 bits per heavy atom. The summed E-state index contributed by atoms with van der Waals surface area (Å²) in [5.41, 5.74) is 3.27. The molecule has 0 aliphatic carbocycles. The van der Waals surface area contributed by atoms with E-state index < -0.39 is 0 Å². The van der Waals surface area contributed by atoms with Crippen LogP contribution in [0.2, 0.25) is 0 Å². The van der Waals surface area contributed by atoms with E-state index in [1.165, 1.54) is 0 Å². The van der Waals surface area contributed by atoms with Gasteiger partial charge < -0.3 is 9.80 Å². The van der Waals surface area contributed by atoms with E-state index in [1.807, 2.05) is 28.1 Å². The van der Waals surface area contributed by atoms with E-state index >= 15 is 0 Å². The van der Waals surface area contributed by atoms with Crippen molar-refractivity contribution in [2.24, 2.45) is 0 Å². The molecule has 2 saturated heterocycles. The summed E-state index contributed by atoms with van der Waals surface area (Å²) in [7, 11) is 0. The van der Waals surface area contributed by atoms with Crippen LogP contribution in [0.5, 0.6) is 0 Å². The van der Waals surface area contributed by atoms with E-state index in [1.54, 1.807) is 18.7 Å². The SMILES string of the molecule is O=C(N1CCCC1)N1CCC(c2ncncc2-c2ccncc2)CC1. The number of carbonyl (C=O) groups is 1. The number of carbonyl (C=O) groups excluding carboxylic acids is 1. The summed E-state index contributed by atoms with van der Waals surface area (Å²) in [6, 6.07) is 4.20. The van der Waals surface area contributed by atoms with E-state index in [4.69, 9.17) is 0 Å². The van der Waals surface area contributed by atoms with Crippen LogP contribution in [-0.2, 0) is 0 Å². The molecule has 2 aliphatic heterocycles. The predicted octanol–water partition coefficient (Wildman–Crippen LogP) is 2.93. The van der Waals surface area contributed by atoms with Gasteiger partial charge in [0.05, 0.1) is 5.69 Å². The Hall–Kier alpha value is -2.50. The Bertz CT molecular complexity index is 722. The molecule has 130 valence electrons. The lowest BCUT2D eigenvalue weighted by Crippen LogP contribution is -2.45. The molecular formula is C19H23N5O. The second-order valence-electron chi connectivity index (χ2n) is 6.80. The smallest absolute Gasteiger partial charge is 0.319 e. The Kier molecular flexibility index (Phi) is 4.59. The van der Waals surface area contributed by atoms with Gasteiger partial charge >= 0.3 is 6.03 Å². The molecule has 4 heterocycles. The van der Waals surface area contributed by atoms with Crippen LogP contribution in [0.4, 0.5) is 4.79 Å². The van der Waals surface area contributed by atoms with E-state index in [-0.39, 0.29) is 6.03 Å². The fourth-order valence-corrected chi connectivity index (χ4v) is 3.87. The highest BCUT2D eigenvalue weighted by Crippen LogP contribution is 2.33. The van der Waals surface area contributed by atoms with Crippen LogP contribution in [0.1, 0.15) is 37.3 Å². The maximum Gasteiger partial charge on any atom is 0.319 e. The molecule has 6 nitrogen and oxygen atoms in total. The van der Waals surface area contributed by atoms with Crippen molar-refractivity contribution in [2.75, 3.05) is 26.2 Å². The maximum atomic E-state index is 12.6. The first-order valence-corrected chi connectivity index (χ1v) is 9.07. The van der Waals surface area contributed by atoms with Gasteiger partial charge in [-0.3, -0.25) is 4.98 Å². The molecule has 2 aromatic heterocycles. The van der Waals surface area contributed by atoms with Gasteiger partial charge in [0.25, 0.3) is 0 Å². The number of hydrogen-bond acceptors (Lipinski definition) is 4. The van der Waals surface area contributed by atoms with Gasteiger partial charge in [-0.05, 0) is 43.4 Å². The van der Waals surface area contributed by atoms with Gasteiger partial charge in [-0.25, -0.2) is 14.8 Å². The zero-order chi connectivity index (χ0) is 17.1. The third-order valence-corrected chi connectivity index (χ3v) is 5.26. The summed E-state index contributed by atoms with van der Waals surface area (Å²) in [5.74, 6) is 0.369. The van der Waals surface area contributed by atoms with Crippen LogP contribution < -0.4 is 0 Å². The molecule has 0 bridgehead atoms. The molecule has 2 fully saturated rings. The van der Waals surface area contributed by atoms with Gasteiger partial charge in [0, 0.05) is 56.3 Å². The van der Waals surface area contributed by atoms with Crippen molar-refractivity contribution < 1.29 is 4.79 Å². The van der Waals surface area contributed by atoms with Gasteiger partial charge in [-0.15, -0.1) is 0 Å². The van der Waals surface area contributed by atoms with Crippen molar-refractivity contribution in [1.82, 2.24) is 24.8 Å². The molecule has 0 aromatic carbocycles. The lowest BCUT2D eigenvalue weighted by molar-refractivity contribution is 0.148. The Labute approximate surface area is 147 Å². The van der Waals surface area contributed by atoms with Crippen molar-refractivity contribution in [3.8, 4) is 11.1 Å². The molecular weight excluding hydrogens is 314 g/mol. The van der Waals surface area contributed by atoms with Crippen molar-refractivity contribution in [3.63, 3.8) is 0 Å². The highest BCUT2D eigenvalue weighted by atomic mass is 16.2. The molecule has 6 heteroatoms. The number of rotatable bonds is 2. The molecule has 2 amide bonds. The minimum atomic E-state index is 0.216. The van der Waals surface area contributed by atoms with E-state index in [0.717, 1.165) is 68.7 Å². The van der Waals surface area contributed by atoms with E-state index in [0.29, 0.717) is 5.92 Å². The largest absolute Gasteiger partial charge is 0.325 e. The molecule has 0 atom stereocenters. The Morgan fingerprint density at radius 2 is 1.64 bits per heavy atom. The monoisotopic (exact) mass is 337 g/mol. The van der Waals surface area contributed by atoms with Gasteiger partial charge in [0.1, 0.15) is 6.33 Å². The van der Waals surface area contributed by atoms with Crippen LogP contribution in [0.15, 0.2) is 37.1 Å². The number of aromatic nitrogens is 3. The first kappa shape index (κ1) is 16.0. The second-order valence-corrected chi connectivity index (χ2v) is 6.80. The first-order valence-electron chi connectivity index (χ1n) is 9.07. The number of urea groups is 1. The van der Waals surface area contributed by atoms with E-state index in [9.17, 15) is 4.79 Å². The Balaban J connectivity index is 1.47. The minimum Gasteiger partial charge on any atom is -0.325 e. The molecule has 0 N–H and O–H groups in total. The zero-order valence-electron chi connectivity index (χ0n) is 14.3. The summed E-state index contributed by atoms with van der Waals surface area (Å²) in [4.78, 5) is 29.4. The van der Waals surface area contributed by atoms with Gasteiger partial charge in [-0.1, -0.05) is 0 Å². The minimum absolute atomic E-state index is 0.216. The van der Waals surface area contributed by atoms with Crippen molar-refractivity contribution in [1.29, 1.82) is 0 Å². The maximum absolute atomic E-state index is 12.6. The third-order valence-electron chi connectivity index (χ3n) is 5.26. The summed E-state index contributed by atoms with van der Waals surface area (Å²) in [6.07, 6.45) is 11.3. The third kappa shape index (κ3) is 3.34. The molecule has 25 heavy (non-hydrogen) atoms. The summed E-state index contributed by atoms with van der Waals surface area (Å²) < 4.78 is 0. The molecule has 2 aromatic rings. The van der Waals surface area contributed by atoms with Crippen LogP contribution >= 0.6 is 0 Å². The normalized spacial score (nSPS) is 18.6. The van der Waals surface area contributed by atoms with Crippen molar-refractivity contribution in [2.45, 2.75) is 31.6 Å². The highest BCUT2D eigenvalue weighted by molar-refractivity contribution is 5.75. The molecule has 0 spiro atoms. The fraction of sp³-hybridized carbons (Fsp3) is 0.474. The van der Waals surface area contributed by atoms with Gasteiger partial charge in [0.15, 0.2) is 0 Å². The number of likely N-dealkylation sites (tertiary alicyclic amines) is 2. The summed E-state index contributed by atoms with van der Waals surface area (Å²) in [5, 5.41) is 0. The number of nitrogens with zero attached hydrogens (tertiary/aromatic N) is 5. The standard InChI is InChI=1S/C19H23N5O/c25-19(23-9-1-2-10-23)24-11-5-16(6-12-24)18-17(13-21-14-22-18)15-3-7-20-8-4-15/h3-4,7-8,13-14,16H,1-2,5-6,9-12H2. The number of pyridine rings is 1. The number of piperidine rings is 1. The van der Waals surface area contributed by atoms with E-state index in [2.05, 4.69) is 15.0 Å². The topological polar surface area (TPSA) is 62.2 Å². The molecule has 0 radical (unpaired) electrons. The first-order chi connectivity index (χ1) is 12.3. The molecule has 2 aliphatic rings. The number of hydrogen-bond donors (Lipinski definition) is 0. The van der Waals surface area contributed by atoms with Crippen molar-refractivity contribution in [3.05, 3.63) is 42.7 Å². The fourth-order valence-electron chi connectivity index (χ4n) is 3.87. The molecule has 4 rings (SSSR count). The van der Waals surface area contributed by atoms with Crippen LogP contribution in [0.3, 0.4) is 0 Å². The average Bonchev–Trinajstić information content (AvgIpc) is 3.23. The number of amides is 2. The van der Waals surface area contributed by atoms with Crippen molar-refractivity contribution >= 4 is 6.03 Å². The van der Waals surface area contributed by atoms with Gasteiger partial charge in [0.2, 0.25) is 0 Å². The summed E-state index contributed by atoms with van der Waals surface area (Å²) >= 11 is 0. The molecule has 0 saturated carbocycles. The highest BCUT2D eigenvalue weighted by Gasteiger charge is 2.29. The van der Waals surface area contributed by atoms with Crippen LogP contribution in [-0.4, -0.2) is 57.0 Å². The summed E-state index contributed by atoms with van der Waals surface area (Å²) in [6.45, 7) is 3.44. The van der Waals surface area contributed by atoms with Crippen LogP contribution in [0.25, 0.3) is 11.1 Å². The van der Waals surface area contributed by atoms with Gasteiger partial charge in [-0.2, -0.15) is 0 Å². The zero-order valence-corrected chi connectivity index (χ0v) is 14.3. The quantitative estimate of drug-likeness (QED) is 0.845. The lowest BCUT2D eigenvalue weighted by Gasteiger charge is -2.34. The molecule has 0 unspecified atom stereocenters. The predicted molar refractivity (Wildman–Crippen MR) is 95.0 cm³/mol. The second kappa shape index (κ2) is 7.17. The van der Waals surface area contributed by atoms with Crippen LogP contribution in [0, 0.1) is 0 Å².